The number of nitrogen functional groups attached to an aromatic ring is 1. The second-order valence-corrected chi connectivity index (χ2v) is 5.21. The molecule has 1 aliphatic carbocycles. The molecule has 1 amide bonds. The maximum atomic E-state index is 11.6. The van der Waals surface area contributed by atoms with E-state index in [9.17, 15) is 4.79 Å². The molecule has 0 heterocycles. The number of hydrogen-bond acceptors (Lipinski definition) is 3. The number of rotatable bonds is 3. The molecule has 0 aromatic heterocycles. The summed E-state index contributed by atoms with van der Waals surface area (Å²) in [5.41, 5.74) is 8.23. The fourth-order valence-electron chi connectivity index (χ4n) is 2.61. The first-order valence-electron chi connectivity index (χ1n) is 7.09. The van der Waals surface area contributed by atoms with Crippen LogP contribution in [0.5, 0.6) is 0 Å². The van der Waals surface area contributed by atoms with Gasteiger partial charge in [0.1, 0.15) is 0 Å². The molecular weight excluding hydrogens is 238 g/mol. The van der Waals surface area contributed by atoms with Gasteiger partial charge in [0, 0.05) is 18.7 Å². The number of anilines is 2. The lowest BCUT2D eigenvalue weighted by atomic mass is 10.1. The third-order valence-electron chi connectivity index (χ3n) is 3.76. The predicted molar refractivity (Wildman–Crippen MR) is 79.4 cm³/mol. The zero-order valence-electron chi connectivity index (χ0n) is 11.5. The van der Waals surface area contributed by atoms with Crippen LogP contribution in [0.4, 0.5) is 11.4 Å². The smallest absolute Gasteiger partial charge is 0.251 e. The molecule has 0 radical (unpaired) electrons. The average molecular weight is 261 g/mol. The van der Waals surface area contributed by atoms with E-state index in [2.05, 4.69) is 10.6 Å². The molecule has 1 saturated carbocycles. The molecule has 0 aliphatic heterocycles. The highest BCUT2D eigenvalue weighted by Crippen LogP contribution is 2.25. The van der Waals surface area contributed by atoms with Crippen molar-refractivity contribution >= 4 is 17.3 Å². The number of benzene rings is 1. The third kappa shape index (κ3) is 3.63. The summed E-state index contributed by atoms with van der Waals surface area (Å²) in [5, 5.41) is 6.14. The molecule has 1 aliphatic rings. The van der Waals surface area contributed by atoms with Crippen molar-refractivity contribution in [3.63, 3.8) is 0 Å². The second-order valence-electron chi connectivity index (χ2n) is 5.21. The number of nitrogens with one attached hydrogen (secondary N) is 2. The molecule has 0 bridgehead atoms. The van der Waals surface area contributed by atoms with Crippen molar-refractivity contribution in [2.75, 3.05) is 18.1 Å². The molecule has 1 fully saturated rings. The second kappa shape index (κ2) is 6.45. The van der Waals surface area contributed by atoms with E-state index < -0.39 is 0 Å². The molecule has 4 nitrogen and oxygen atoms in total. The van der Waals surface area contributed by atoms with E-state index >= 15 is 0 Å². The van der Waals surface area contributed by atoms with Crippen LogP contribution < -0.4 is 16.4 Å². The summed E-state index contributed by atoms with van der Waals surface area (Å²) in [6, 6.07) is 5.87. The van der Waals surface area contributed by atoms with Crippen molar-refractivity contribution in [2.24, 2.45) is 0 Å². The highest BCUT2D eigenvalue weighted by atomic mass is 16.1. The van der Waals surface area contributed by atoms with Crippen LogP contribution in [0.1, 0.15) is 48.9 Å². The summed E-state index contributed by atoms with van der Waals surface area (Å²) >= 11 is 0. The van der Waals surface area contributed by atoms with Crippen molar-refractivity contribution in [2.45, 2.75) is 44.6 Å². The summed E-state index contributed by atoms with van der Waals surface area (Å²) in [6.45, 7) is 0. The minimum Gasteiger partial charge on any atom is -0.397 e. The van der Waals surface area contributed by atoms with Crippen LogP contribution in [0, 0.1) is 0 Å². The standard InChI is InChI=1S/C15H23N3O/c1-17-15(19)11-8-9-13(16)14(10-11)18-12-6-4-2-3-5-7-12/h8-10,12,18H,2-7,16H2,1H3,(H,17,19). The van der Waals surface area contributed by atoms with Gasteiger partial charge < -0.3 is 16.4 Å². The summed E-state index contributed by atoms with van der Waals surface area (Å²) < 4.78 is 0. The summed E-state index contributed by atoms with van der Waals surface area (Å²) in [5.74, 6) is -0.0797. The third-order valence-corrected chi connectivity index (χ3v) is 3.76. The van der Waals surface area contributed by atoms with Crippen LogP contribution in [0.25, 0.3) is 0 Å². The molecule has 4 heteroatoms. The highest BCUT2D eigenvalue weighted by molar-refractivity contribution is 5.96. The summed E-state index contributed by atoms with van der Waals surface area (Å²) in [7, 11) is 1.64. The Morgan fingerprint density at radius 3 is 2.53 bits per heavy atom. The monoisotopic (exact) mass is 261 g/mol. The number of carbonyl (C=O) groups is 1. The Bertz CT molecular complexity index is 437. The lowest BCUT2D eigenvalue weighted by Crippen LogP contribution is -2.21. The van der Waals surface area contributed by atoms with Gasteiger partial charge in [0.15, 0.2) is 0 Å². The van der Waals surface area contributed by atoms with Gasteiger partial charge in [0.2, 0.25) is 0 Å². The maximum absolute atomic E-state index is 11.6. The number of carbonyl (C=O) groups excluding carboxylic acids is 1. The molecule has 0 atom stereocenters. The molecular formula is C15H23N3O. The zero-order valence-corrected chi connectivity index (χ0v) is 11.5. The molecule has 104 valence electrons. The van der Waals surface area contributed by atoms with Gasteiger partial charge in [-0.2, -0.15) is 0 Å². The molecule has 19 heavy (non-hydrogen) atoms. The Kier molecular flexibility index (Phi) is 4.66. The van der Waals surface area contributed by atoms with Crippen LogP contribution in [0.15, 0.2) is 18.2 Å². The maximum Gasteiger partial charge on any atom is 0.251 e. The lowest BCUT2D eigenvalue weighted by Gasteiger charge is -2.19. The minimum absolute atomic E-state index is 0.0797. The Morgan fingerprint density at radius 2 is 1.89 bits per heavy atom. The number of hydrogen-bond donors (Lipinski definition) is 3. The Morgan fingerprint density at radius 1 is 1.21 bits per heavy atom. The van der Waals surface area contributed by atoms with Gasteiger partial charge in [-0.3, -0.25) is 4.79 Å². The van der Waals surface area contributed by atoms with Gasteiger partial charge in [-0.15, -0.1) is 0 Å². The molecule has 1 aromatic carbocycles. The first-order valence-corrected chi connectivity index (χ1v) is 7.09. The van der Waals surface area contributed by atoms with Crippen LogP contribution in [0.3, 0.4) is 0 Å². The van der Waals surface area contributed by atoms with E-state index in [0.717, 1.165) is 5.69 Å². The van der Waals surface area contributed by atoms with Crippen LogP contribution in [-0.2, 0) is 0 Å². The molecule has 0 saturated heterocycles. The van der Waals surface area contributed by atoms with Gasteiger partial charge in [-0.25, -0.2) is 0 Å². The summed E-state index contributed by atoms with van der Waals surface area (Å²) in [6.07, 6.45) is 7.56. The van der Waals surface area contributed by atoms with Crippen molar-refractivity contribution in [3.8, 4) is 0 Å². The minimum atomic E-state index is -0.0797. The van der Waals surface area contributed by atoms with Gasteiger partial charge >= 0.3 is 0 Å². The van der Waals surface area contributed by atoms with E-state index in [1.807, 2.05) is 6.07 Å². The van der Waals surface area contributed by atoms with Crippen LogP contribution in [0.2, 0.25) is 0 Å². The van der Waals surface area contributed by atoms with Gasteiger partial charge in [-0.1, -0.05) is 25.7 Å². The first-order chi connectivity index (χ1) is 9.20. The normalized spacial score (nSPS) is 16.7. The Hall–Kier alpha value is -1.71. The van der Waals surface area contributed by atoms with E-state index in [1.165, 1.54) is 38.5 Å². The van der Waals surface area contributed by atoms with E-state index in [0.29, 0.717) is 17.3 Å². The highest BCUT2D eigenvalue weighted by Gasteiger charge is 2.14. The van der Waals surface area contributed by atoms with Crippen molar-refractivity contribution in [1.82, 2.24) is 5.32 Å². The fraction of sp³-hybridized carbons (Fsp3) is 0.533. The molecule has 2 rings (SSSR count). The lowest BCUT2D eigenvalue weighted by molar-refractivity contribution is 0.0963. The zero-order chi connectivity index (χ0) is 13.7. The fourth-order valence-corrected chi connectivity index (χ4v) is 2.61. The Balaban J connectivity index is 2.11. The van der Waals surface area contributed by atoms with Crippen molar-refractivity contribution < 1.29 is 4.79 Å². The van der Waals surface area contributed by atoms with Crippen LogP contribution in [-0.4, -0.2) is 19.0 Å². The van der Waals surface area contributed by atoms with Crippen molar-refractivity contribution in [1.29, 1.82) is 0 Å². The quantitative estimate of drug-likeness (QED) is 0.579. The summed E-state index contributed by atoms with van der Waals surface area (Å²) in [4.78, 5) is 11.6. The Labute approximate surface area is 114 Å². The van der Waals surface area contributed by atoms with Gasteiger partial charge in [0.05, 0.1) is 11.4 Å². The molecule has 1 aromatic rings. The topological polar surface area (TPSA) is 67.2 Å². The SMILES string of the molecule is CNC(=O)c1ccc(N)c(NC2CCCCCC2)c1. The average Bonchev–Trinajstić information content (AvgIpc) is 2.69. The van der Waals surface area contributed by atoms with E-state index in [-0.39, 0.29) is 5.91 Å². The number of nitrogens with two attached hydrogens (primary N) is 1. The van der Waals surface area contributed by atoms with E-state index in [4.69, 9.17) is 5.73 Å². The van der Waals surface area contributed by atoms with Crippen LogP contribution >= 0.6 is 0 Å². The van der Waals surface area contributed by atoms with Gasteiger partial charge in [-0.05, 0) is 31.0 Å². The number of amides is 1. The van der Waals surface area contributed by atoms with E-state index in [1.54, 1.807) is 19.2 Å². The first kappa shape index (κ1) is 13.7. The molecule has 4 N–H and O–H groups in total. The van der Waals surface area contributed by atoms with Gasteiger partial charge in [0.25, 0.3) is 5.91 Å². The van der Waals surface area contributed by atoms with Crippen molar-refractivity contribution in [3.05, 3.63) is 23.8 Å². The predicted octanol–water partition coefficient (Wildman–Crippen LogP) is 2.76. The largest absolute Gasteiger partial charge is 0.397 e. The molecule has 0 spiro atoms. The molecule has 0 unspecified atom stereocenters.